The first-order valence-electron chi connectivity index (χ1n) is 7.60. The first kappa shape index (κ1) is 17.8. The summed E-state index contributed by atoms with van der Waals surface area (Å²) >= 11 is 0. The molecular weight excluding hydrogens is 312 g/mol. The lowest BCUT2D eigenvalue weighted by molar-refractivity contribution is -0.153. The predicted molar refractivity (Wildman–Crippen MR) is 86.3 cm³/mol. The molecule has 7 nitrogen and oxygen atoms in total. The van der Waals surface area contributed by atoms with E-state index in [4.69, 9.17) is 4.74 Å². The maximum absolute atomic E-state index is 12.4. The Kier molecular flexibility index (Phi) is 4.55. The highest BCUT2D eigenvalue weighted by Crippen LogP contribution is 2.41. The number of ether oxygens (including phenoxy) is 1. The number of aliphatic carboxylic acids is 1. The van der Waals surface area contributed by atoms with E-state index in [0.717, 1.165) is 15.4 Å². The van der Waals surface area contributed by atoms with Crippen molar-refractivity contribution in [1.29, 1.82) is 0 Å². The van der Waals surface area contributed by atoms with Crippen LogP contribution in [0.5, 0.6) is 0 Å². The summed E-state index contributed by atoms with van der Waals surface area (Å²) < 4.78 is 5.16. The van der Waals surface area contributed by atoms with Crippen molar-refractivity contribution in [3.63, 3.8) is 0 Å². The van der Waals surface area contributed by atoms with Gasteiger partial charge in [-0.05, 0) is 11.0 Å². The zero-order chi connectivity index (χ0) is 18.1. The number of urea groups is 1. The van der Waals surface area contributed by atoms with Crippen LogP contribution in [0.3, 0.4) is 0 Å². The summed E-state index contributed by atoms with van der Waals surface area (Å²) in [6, 6.07) is 8.38. The number of likely N-dealkylation sites (N-methyl/N-ethyl adjacent to an activating group) is 1. The van der Waals surface area contributed by atoms with E-state index in [9.17, 15) is 19.5 Å². The number of hydrogen-bond acceptors (Lipinski definition) is 4. The van der Waals surface area contributed by atoms with Crippen LogP contribution in [0.1, 0.15) is 26.3 Å². The highest BCUT2D eigenvalue weighted by Gasteiger charge is 2.61. The van der Waals surface area contributed by atoms with Crippen LogP contribution < -0.4 is 0 Å². The Bertz CT molecular complexity index is 653. The van der Waals surface area contributed by atoms with E-state index in [1.54, 1.807) is 32.9 Å². The summed E-state index contributed by atoms with van der Waals surface area (Å²) in [6.07, 6.45) is -0.844. The average molecular weight is 334 g/mol. The van der Waals surface area contributed by atoms with E-state index < -0.39 is 29.0 Å². The smallest absolute Gasteiger partial charge is 0.418 e. The lowest BCUT2D eigenvalue weighted by Gasteiger charge is -2.41. The van der Waals surface area contributed by atoms with Crippen molar-refractivity contribution in [3.8, 4) is 0 Å². The van der Waals surface area contributed by atoms with Crippen LogP contribution in [0.4, 0.5) is 9.59 Å². The number of rotatable bonds is 3. The number of carbonyl (C=O) groups is 3. The van der Waals surface area contributed by atoms with Crippen molar-refractivity contribution in [2.24, 2.45) is 5.41 Å². The van der Waals surface area contributed by atoms with Gasteiger partial charge in [-0.25, -0.2) is 19.3 Å². The molecule has 1 unspecified atom stereocenters. The van der Waals surface area contributed by atoms with Gasteiger partial charge in [0.15, 0.2) is 5.54 Å². The zero-order valence-electron chi connectivity index (χ0n) is 14.3. The highest BCUT2D eigenvalue weighted by atomic mass is 16.6. The second-order valence-electron chi connectivity index (χ2n) is 6.88. The normalized spacial score (nSPS) is 21.1. The molecule has 24 heavy (non-hydrogen) atoms. The summed E-state index contributed by atoms with van der Waals surface area (Å²) in [7, 11) is 1.40. The number of benzene rings is 1. The van der Waals surface area contributed by atoms with Gasteiger partial charge in [-0.15, -0.1) is 0 Å². The number of nitrogens with zero attached hydrogens (tertiary/aromatic N) is 2. The minimum atomic E-state index is -1.50. The molecule has 7 heteroatoms. The second-order valence-corrected chi connectivity index (χ2v) is 6.88. The Balaban J connectivity index is 2.18. The van der Waals surface area contributed by atoms with E-state index in [2.05, 4.69) is 0 Å². The lowest BCUT2D eigenvalue weighted by atomic mass is 9.73. The van der Waals surface area contributed by atoms with Crippen molar-refractivity contribution in [3.05, 3.63) is 35.9 Å². The Labute approximate surface area is 140 Å². The van der Waals surface area contributed by atoms with Crippen molar-refractivity contribution in [2.75, 3.05) is 13.6 Å². The lowest BCUT2D eigenvalue weighted by Crippen LogP contribution is -2.60. The number of amides is 3. The quantitative estimate of drug-likeness (QED) is 0.918. The Morgan fingerprint density at radius 1 is 1.25 bits per heavy atom. The Hall–Kier alpha value is -2.57. The molecule has 1 aromatic carbocycles. The van der Waals surface area contributed by atoms with Crippen LogP contribution in [-0.2, 0) is 16.1 Å². The third-order valence-electron chi connectivity index (χ3n) is 4.50. The molecule has 1 aliphatic heterocycles. The van der Waals surface area contributed by atoms with Crippen LogP contribution in [0.15, 0.2) is 30.3 Å². The molecule has 1 saturated heterocycles. The van der Waals surface area contributed by atoms with E-state index in [1.807, 2.05) is 18.2 Å². The average Bonchev–Trinajstić information content (AvgIpc) is 2.79. The number of carboxylic acid groups (broad SMARTS) is 1. The third kappa shape index (κ3) is 2.81. The molecule has 0 spiro atoms. The second kappa shape index (κ2) is 6.14. The summed E-state index contributed by atoms with van der Waals surface area (Å²) in [4.78, 5) is 38.5. The van der Waals surface area contributed by atoms with Gasteiger partial charge >= 0.3 is 18.1 Å². The molecule has 3 amide bonds. The van der Waals surface area contributed by atoms with E-state index in [1.165, 1.54) is 7.05 Å². The molecule has 1 aromatic rings. The minimum Gasteiger partial charge on any atom is -0.479 e. The third-order valence-corrected chi connectivity index (χ3v) is 4.50. The van der Waals surface area contributed by atoms with E-state index in [-0.39, 0.29) is 13.2 Å². The number of imide groups is 1. The van der Waals surface area contributed by atoms with Gasteiger partial charge in [-0.1, -0.05) is 51.1 Å². The summed E-state index contributed by atoms with van der Waals surface area (Å²) in [5.41, 5.74) is -1.49. The highest BCUT2D eigenvalue weighted by molar-refractivity contribution is 5.99. The number of carboxylic acids is 1. The molecule has 1 atom stereocenters. The molecule has 0 radical (unpaired) electrons. The van der Waals surface area contributed by atoms with Gasteiger partial charge in [0.25, 0.3) is 0 Å². The van der Waals surface area contributed by atoms with Gasteiger partial charge < -0.3 is 14.7 Å². The molecule has 2 rings (SSSR count). The first-order valence-corrected chi connectivity index (χ1v) is 7.60. The summed E-state index contributed by atoms with van der Waals surface area (Å²) in [5, 5.41) is 9.72. The molecule has 0 saturated carbocycles. The van der Waals surface area contributed by atoms with Crippen molar-refractivity contribution in [1.82, 2.24) is 9.80 Å². The molecule has 0 bridgehead atoms. The molecule has 1 aliphatic rings. The van der Waals surface area contributed by atoms with Crippen LogP contribution in [0.2, 0.25) is 0 Å². The molecule has 1 fully saturated rings. The van der Waals surface area contributed by atoms with Crippen molar-refractivity contribution >= 4 is 18.1 Å². The molecule has 130 valence electrons. The standard InChI is InChI=1S/C17H22N2O5/c1-16(2,3)17(13(20)21)11-19(14(22)18(17)4)15(23)24-10-12-8-6-5-7-9-12/h5-9H,10-11H2,1-4H3,(H,20,21). The summed E-state index contributed by atoms with van der Waals surface area (Å²) in [6.45, 7) is 4.94. The molecule has 0 aliphatic carbocycles. The molecule has 0 aromatic heterocycles. The number of hydrogen-bond donors (Lipinski definition) is 1. The van der Waals surface area contributed by atoms with Crippen LogP contribution in [-0.4, -0.2) is 52.1 Å². The van der Waals surface area contributed by atoms with Gasteiger partial charge in [0, 0.05) is 7.05 Å². The van der Waals surface area contributed by atoms with Gasteiger partial charge in [-0.2, -0.15) is 0 Å². The van der Waals surface area contributed by atoms with Crippen LogP contribution >= 0.6 is 0 Å². The Morgan fingerprint density at radius 2 is 1.83 bits per heavy atom. The molecule has 1 heterocycles. The van der Waals surface area contributed by atoms with Crippen LogP contribution in [0.25, 0.3) is 0 Å². The van der Waals surface area contributed by atoms with Gasteiger partial charge in [0.1, 0.15) is 6.61 Å². The topological polar surface area (TPSA) is 87.2 Å². The van der Waals surface area contributed by atoms with Gasteiger partial charge in [0.2, 0.25) is 0 Å². The molecular formula is C17H22N2O5. The largest absolute Gasteiger partial charge is 0.479 e. The van der Waals surface area contributed by atoms with Gasteiger partial charge in [0.05, 0.1) is 6.54 Å². The fraction of sp³-hybridized carbons (Fsp3) is 0.471. The number of carbonyl (C=O) groups excluding carboxylic acids is 2. The maximum Gasteiger partial charge on any atom is 0.418 e. The first-order chi connectivity index (χ1) is 11.1. The predicted octanol–water partition coefficient (Wildman–Crippen LogP) is 2.56. The Morgan fingerprint density at radius 3 is 2.29 bits per heavy atom. The fourth-order valence-corrected chi connectivity index (χ4v) is 2.96. The molecule has 1 N–H and O–H groups in total. The SMILES string of the molecule is CN1C(=O)N(C(=O)OCc2ccccc2)CC1(C(=O)O)C(C)(C)C. The van der Waals surface area contributed by atoms with Crippen molar-refractivity contribution < 1.29 is 24.2 Å². The summed E-state index contributed by atoms with van der Waals surface area (Å²) in [5.74, 6) is -1.15. The van der Waals surface area contributed by atoms with E-state index >= 15 is 0 Å². The minimum absolute atomic E-state index is 0.0166. The van der Waals surface area contributed by atoms with E-state index in [0.29, 0.717) is 0 Å². The van der Waals surface area contributed by atoms with Crippen molar-refractivity contribution in [2.45, 2.75) is 32.9 Å². The van der Waals surface area contributed by atoms with Gasteiger partial charge in [-0.3, -0.25) is 0 Å². The van der Waals surface area contributed by atoms with Crippen LogP contribution in [0, 0.1) is 5.41 Å². The fourth-order valence-electron chi connectivity index (χ4n) is 2.96. The monoisotopic (exact) mass is 334 g/mol. The maximum atomic E-state index is 12.4. The zero-order valence-corrected chi connectivity index (χ0v) is 14.3.